The van der Waals surface area contributed by atoms with Crippen molar-refractivity contribution in [3.8, 4) is 5.69 Å². The zero-order chi connectivity index (χ0) is 17.9. The third kappa shape index (κ3) is 4.37. The molecule has 0 saturated heterocycles. The Balaban J connectivity index is 2.30. The SMILES string of the molecule is CCN(C(=O)CC[S+](C)[O-])c1cn(-c2cc(F)c[n+](O)c2)nc1Cl. The molecular weight excluding hydrogens is 359 g/mol. The van der Waals surface area contributed by atoms with E-state index < -0.39 is 17.0 Å². The number of aromatic nitrogens is 3. The lowest BCUT2D eigenvalue weighted by atomic mass is 10.3. The summed E-state index contributed by atoms with van der Waals surface area (Å²) in [5.74, 6) is -0.627. The lowest BCUT2D eigenvalue weighted by Gasteiger charge is -2.19. The molecule has 2 aromatic rings. The first-order valence-corrected chi connectivity index (χ1v) is 9.19. The maximum absolute atomic E-state index is 13.4. The molecule has 0 radical (unpaired) electrons. The Morgan fingerprint density at radius 2 is 2.29 bits per heavy atom. The quantitative estimate of drug-likeness (QED) is 0.468. The molecule has 0 aliphatic carbocycles. The van der Waals surface area contributed by atoms with E-state index in [4.69, 9.17) is 11.6 Å². The summed E-state index contributed by atoms with van der Waals surface area (Å²) < 4.78 is 26.4. The molecule has 130 valence electrons. The summed E-state index contributed by atoms with van der Waals surface area (Å²) in [5, 5.41) is 13.5. The van der Waals surface area contributed by atoms with Gasteiger partial charge in [-0.05, 0) is 6.92 Å². The highest BCUT2D eigenvalue weighted by molar-refractivity contribution is 7.90. The summed E-state index contributed by atoms with van der Waals surface area (Å²) in [5.41, 5.74) is 0.601. The Bertz CT molecular complexity index is 721. The average molecular weight is 376 g/mol. The second-order valence-corrected chi connectivity index (χ2v) is 6.92. The predicted molar refractivity (Wildman–Crippen MR) is 87.5 cm³/mol. The summed E-state index contributed by atoms with van der Waals surface area (Å²) in [6.45, 7) is 2.13. The first kappa shape index (κ1) is 18.5. The highest BCUT2D eigenvalue weighted by Crippen LogP contribution is 2.26. The molecule has 0 aliphatic rings. The van der Waals surface area contributed by atoms with Crippen LogP contribution in [0.2, 0.25) is 5.15 Å². The lowest BCUT2D eigenvalue weighted by Crippen LogP contribution is -2.32. The van der Waals surface area contributed by atoms with Crippen LogP contribution in [-0.2, 0) is 16.0 Å². The predicted octanol–water partition coefficient (Wildman–Crippen LogP) is 1.31. The number of hydrogen-bond acceptors (Lipinski definition) is 4. The molecule has 0 saturated carbocycles. The first-order chi connectivity index (χ1) is 11.3. The number of carbonyl (C=O) groups is 1. The van der Waals surface area contributed by atoms with Crippen molar-refractivity contribution in [2.75, 3.05) is 23.5 Å². The fraction of sp³-hybridized carbons (Fsp3) is 0.357. The molecule has 0 spiro atoms. The van der Waals surface area contributed by atoms with E-state index >= 15 is 0 Å². The van der Waals surface area contributed by atoms with E-state index in [0.29, 0.717) is 17.0 Å². The molecule has 10 heteroatoms. The van der Waals surface area contributed by atoms with Gasteiger partial charge in [-0.25, -0.2) is 9.07 Å². The van der Waals surface area contributed by atoms with Gasteiger partial charge < -0.3 is 9.45 Å². The van der Waals surface area contributed by atoms with Crippen LogP contribution in [0.15, 0.2) is 24.7 Å². The van der Waals surface area contributed by atoms with Crippen molar-refractivity contribution in [2.24, 2.45) is 0 Å². The summed E-state index contributed by atoms with van der Waals surface area (Å²) in [7, 11) is 0. The van der Waals surface area contributed by atoms with E-state index in [-0.39, 0.29) is 28.9 Å². The van der Waals surface area contributed by atoms with Gasteiger partial charge in [0, 0.05) is 17.3 Å². The van der Waals surface area contributed by atoms with Gasteiger partial charge in [0.25, 0.3) is 6.20 Å². The molecule has 0 aliphatic heterocycles. The second-order valence-electron chi connectivity index (χ2n) is 5.01. The van der Waals surface area contributed by atoms with E-state index in [9.17, 15) is 18.9 Å². The normalized spacial score (nSPS) is 12.2. The van der Waals surface area contributed by atoms with Crippen LogP contribution in [0.25, 0.3) is 5.69 Å². The number of hydrogen-bond donors (Lipinski definition) is 1. The standard InChI is InChI=1S/C14H17ClFN4O3S/c1-3-19(13(21)4-5-24(2)23)12-9-20(17-14(12)15)11-6-10(16)7-18(22)8-11/h6-9,22H,3-5H2,1-2H3/q+1. The number of amides is 1. The van der Waals surface area contributed by atoms with Gasteiger partial charge in [0.15, 0.2) is 11.0 Å². The van der Waals surface area contributed by atoms with Crippen molar-refractivity contribution in [3.05, 3.63) is 35.6 Å². The van der Waals surface area contributed by atoms with E-state index in [0.717, 1.165) is 12.3 Å². The first-order valence-electron chi connectivity index (χ1n) is 7.08. The highest BCUT2D eigenvalue weighted by Gasteiger charge is 2.22. The molecule has 0 aromatic carbocycles. The monoisotopic (exact) mass is 375 g/mol. The summed E-state index contributed by atoms with van der Waals surface area (Å²) in [4.78, 5) is 13.7. The van der Waals surface area contributed by atoms with Gasteiger partial charge in [-0.1, -0.05) is 22.8 Å². The minimum atomic E-state index is -1.07. The fourth-order valence-electron chi connectivity index (χ4n) is 2.14. The third-order valence-electron chi connectivity index (χ3n) is 3.23. The largest absolute Gasteiger partial charge is 0.617 e. The van der Waals surface area contributed by atoms with Crippen molar-refractivity contribution in [2.45, 2.75) is 13.3 Å². The van der Waals surface area contributed by atoms with Crippen molar-refractivity contribution in [1.82, 2.24) is 9.78 Å². The third-order valence-corrected chi connectivity index (χ3v) is 4.28. The molecule has 2 rings (SSSR count). The number of anilines is 1. The highest BCUT2D eigenvalue weighted by atomic mass is 35.5. The number of nitrogens with zero attached hydrogens (tertiary/aromatic N) is 4. The topological polar surface area (TPSA) is 85.3 Å². The maximum Gasteiger partial charge on any atom is 0.257 e. The molecule has 24 heavy (non-hydrogen) atoms. The lowest BCUT2D eigenvalue weighted by molar-refractivity contribution is -0.905. The Morgan fingerprint density at radius 1 is 1.58 bits per heavy atom. The van der Waals surface area contributed by atoms with Crippen LogP contribution in [0, 0.1) is 5.82 Å². The zero-order valence-electron chi connectivity index (χ0n) is 13.1. The van der Waals surface area contributed by atoms with Crippen molar-refractivity contribution < 1.29 is 23.7 Å². The molecule has 2 aromatic heterocycles. The van der Waals surface area contributed by atoms with Crippen molar-refractivity contribution in [3.63, 3.8) is 0 Å². The maximum atomic E-state index is 13.4. The van der Waals surface area contributed by atoms with Crippen molar-refractivity contribution >= 4 is 34.4 Å². The van der Waals surface area contributed by atoms with Gasteiger partial charge >= 0.3 is 0 Å². The molecule has 7 nitrogen and oxygen atoms in total. The van der Waals surface area contributed by atoms with Gasteiger partial charge in [0.2, 0.25) is 12.1 Å². The fourth-order valence-corrected chi connectivity index (χ4v) is 2.84. The van der Waals surface area contributed by atoms with Crippen LogP contribution in [0.4, 0.5) is 10.1 Å². The molecule has 0 fully saturated rings. The van der Waals surface area contributed by atoms with Crippen LogP contribution in [0.5, 0.6) is 0 Å². The molecule has 0 bridgehead atoms. The number of carbonyl (C=O) groups excluding carboxylic acids is 1. The minimum absolute atomic E-state index is 0.0663. The number of pyridine rings is 1. The van der Waals surface area contributed by atoms with E-state index in [1.807, 2.05) is 0 Å². The van der Waals surface area contributed by atoms with E-state index in [1.165, 1.54) is 28.2 Å². The number of halogens is 2. The number of rotatable bonds is 6. The van der Waals surface area contributed by atoms with Gasteiger partial charge in [-0.3, -0.25) is 10.0 Å². The molecule has 2 heterocycles. The molecule has 1 atom stereocenters. The summed E-state index contributed by atoms with van der Waals surface area (Å²) in [6, 6.07) is 1.16. The Hall–Kier alpha value is -1.84. The zero-order valence-corrected chi connectivity index (χ0v) is 14.7. The van der Waals surface area contributed by atoms with Crippen molar-refractivity contribution in [1.29, 1.82) is 0 Å². The minimum Gasteiger partial charge on any atom is -0.617 e. The van der Waals surface area contributed by atoms with Gasteiger partial charge in [0.05, 0.1) is 18.9 Å². The molecule has 1 amide bonds. The smallest absolute Gasteiger partial charge is 0.257 e. The molecule has 1 N–H and O–H groups in total. The Kier molecular flexibility index (Phi) is 6.03. The Morgan fingerprint density at radius 3 is 2.88 bits per heavy atom. The average Bonchev–Trinajstić information content (AvgIpc) is 2.87. The molecule has 1 unspecified atom stereocenters. The van der Waals surface area contributed by atoms with Gasteiger partial charge in [0.1, 0.15) is 17.1 Å². The van der Waals surface area contributed by atoms with E-state index in [1.54, 1.807) is 6.92 Å². The van der Waals surface area contributed by atoms with Crippen LogP contribution >= 0.6 is 11.6 Å². The van der Waals surface area contributed by atoms with E-state index in [2.05, 4.69) is 5.10 Å². The van der Waals surface area contributed by atoms with Crippen LogP contribution in [-0.4, -0.2) is 44.0 Å². The summed E-state index contributed by atoms with van der Waals surface area (Å²) >= 11 is 5.04. The molecular formula is C14H17ClFN4O3S+. The van der Waals surface area contributed by atoms with Crippen LogP contribution in [0.1, 0.15) is 13.3 Å². The summed E-state index contributed by atoms with van der Waals surface area (Å²) in [6.07, 6.45) is 5.26. The van der Waals surface area contributed by atoms with Gasteiger partial charge in [-0.2, -0.15) is 5.10 Å². The van der Waals surface area contributed by atoms with Crippen LogP contribution in [0.3, 0.4) is 0 Å². The van der Waals surface area contributed by atoms with Crippen LogP contribution < -0.4 is 9.63 Å². The second kappa shape index (κ2) is 7.82. The van der Waals surface area contributed by atoms with Gasteiger partial charge in [-0.15, -0.1) is 0 Å². The Labute approximate surface area is 146 Å².